The molecule has 1 aromatic rings. The number of halogens is 3. The van der Waals surface area contributed by atoms with Crippen LogP contribution in [0.15, 0.2) is 12.4 Å². The number of rotatable bonds is 3. The first-order valence-electron chi connectivity index (χ1n) is 6.90. The van der Waals surface area contributed by atoms with E-state index in [0.29, 0.717) is 19.5 Å². The monoisotopic (exact) mass is 318 g/mol. The van der Waals surface area contributed by atoms with E-state index in [2.05, 4.69) is 10.4 Å². The van der Waals surface area contributed by atoms with Crippen molar-refractivity contribution in [3.05, 3.63) is 12.4 Å². The van der Waals surface area contributed by atoms with Gasteiger partial charge in [0, 0.05) is 26.2 Å². The molecule has 0 aromatic carbocycles. The van der Waals surface area contributed by atoms with Crippen molar-refractivity contribution in [1.82, 2.24) is 14.7 Å². The number of hydrogen-bond acceptors (Lipinski definition) is 3. The van der Waals surface area contributed by atoms with E-state index < -0.39 is 12.7 Å². The molecule has 6 nitrogen and oxygen atoms in total. The van der Waals surface area contributed by atoms with Gasteiger partial charge in [-0.15, -0.1) is 0 Å². The summed E-state index contributed by atoms with van der Waals surface area (Å²) in [4.78, 5) is 25.1. The summed E-state index contributed by atoms with van der Waals surface area (Å²) in [6.07, 6.45) is -0.678. The van der Waals surface area contributed by atoms with Crippen LogP contribution in [0.5, 0.6) is 0 Å². The zero-order chi connectivity index (χ0) is 16.3. The molecule has 1 aliphatic heterocycles. The van der Waals surface area contributed by atoms with E-state index in [0.717, 1.165) is 17.3 Å². The van der Waals surface area contributed by atoms with E-state index in [9.17, 15) is 22.8 Å². The molecular weight excluding hydrogens is 301 g/mol. The van der Waals surface area contributed by atoms with Crippen molar-refractivity contribution in [2.75, 3.05) is 18.4 Å². The standard InChI is InChI=1S/C13H17F3N4O2/c1-9(21)19-4-2-3-10(6-19)12(22)18-11-5-17-20(7-11)8-13(14,15)16/h5,7,10H,2-4,6,8H2,1H3,(H,18,22). The molecule has 1 aliphatic rings. The van der Waals surface area contributed by atoms with Crippen LogP contribution in [0.25, 0.3) is 0 Å². The minimum atomic E-state index is -4.36. The van der Waals surface area contributed by atoms with Crippen LogP contribution in [0.1, 0.15) is 19.8 Å². The number of alkyl halides is 3. The molecule has 0 bridgehead atoms. The lowest BCUT2D eigenvalue weighted by molar-refractivity contribution is -0.142. The van der Waals surface area contributed by atoms with Crippen LogP contribution in [-0.4, -0.2) is 45.8 Å². The van der Waals surface area contributed by atoms with Gasteiger partial charge < -0.3 is 10.2 Å². The zero-order valence-corrected chi connectivity index (χ0v) is 12.1. The van der Waals surface area contributed by atoms with Crippen molar-refractivity contribution in [2.24, 2.45) is 5.92 Å². The maximum atomic E-state index is 12.2. The van der Waals surface area contributed by atoms with Crippen LogP contribution < -0.4 is 5.32 Å². The Bertz CT molecular complexity index is 556. The highest BCUT2D eigenvalue weighted by atomic mass is 19.4. The van der Waals surface area contributed by atoms with Crippen molar-refractivity contribution < 1.29 is 22.8 Å². The third-order valence-corrected chi connectivity index (χ3v) is 3.48. The van der Waals surface area contributed by atoms with E-state index >= 15 is 0 Å². The van der Waals surface area contributed by atoms with Crippen molar-refractivity contribution in [3.8, 4) is 0 Å². The second kappa shape index (κ2) is 6.37. The highest BCUT2D eigenvalue weighted by Gasteiger charge is 2.29. The summed E-state index contributed by atoms with van der Waals surface area (Å²) in [6, 6.07) is 0. The lowest BCUT2D eigenvalue weighted by Gasteiger charge is -2.31. The molecule has 2 rings (SSSR count). The number of carbonyl (C=O) groups excluding carboxylic acids is 2. The third-order valence-electron chi connectivity index (χ3n) is 3.48. The van der Waals surface area contributed by atoms with Crippen LogP contribution in [0.3, 0.4) is 0 Å². The second-order valence-electron chi connectivity index (χ2n) is 5.34. The number of hydrogen-bond donors (Lipinski definition) is 1. The number of carbonyl (C=O) groups is 2. The molecule has 2 heterocycles. The zero-order valence-electron chi connectivity index (χ0n) is 12.1. The van der Waals surface area contributed by atoms with Gasteiger partial charge in [-0.1, -0.05) is 0 Å². The maximum absolute atomic E-state index is 12.2. The molecule has 0 spiro atoms. The molecule has 1 fully saturated rings. The Balaban J connectivity index is 1.93. The fraction of sp³-hybridized carbons (Fsp3) is 0.615. The molecule has 0 saturated carbocycles. The first-order chi connectivity index (χ1) is 10.2. The number of nitrogens with one attached hydrogen (secondary N) is 1. The minimum absolute atomic E-state index is 0.0875. The number of piperidine rings is 1. The number of amides is 2. The van der Waals surface area contributed by atoms with Crippen molar-refractivity contribution in [1.29, 1.82) is 0 Å². The number of likely N-dealkylation sites (tertiary alicyclic amines) is 1. The van der Waals surface area contributed by atoms with Gasteiger partial charge in [0.2, 0.25) is 11.8 Å². The molecule has 122 valence electrons. The Labute approximate surface area is 125 Å². The van der Waals surface area contributed by atoms with Gasteiger partial charge >= 0.3 is 6.18 Å². The smallest absolute Gasteiger partial charge is 0.342 e. The van der Waals surface area contributed by atoms with Crippen LogP contribution in [-0.2, 0) is 16.1 Å². The minimum Gasteiger partial charge on any atom is -0.342 e. The normalized spacial score (nSPS) is 19.1. The topological polar surface area (TPSA) is 67.2 Å². The molecule has 0 radical (unpaired) electrons. The SMILES string of the molecule is CC(=O)N1CCCC(C(=O)Nc2cnn(CC(F)(F)F)c2)C1. The van der Waals surface area contributed by atoms with E-state index in [4.69, 9.17) is 0 Å². The molecule has 1 N–H and O–H groups in total. The first kappa shape index (κ1) is 16.3. The molecule has 2 amide bonds. The Kier molecular flexibility index (Phi) is 4.72. The van der Waals surface area contributed by atoms with Gasteiger partial charge in [0.15, 0.2) is 0 Å². The number of anilines is 1. The van der Waals surface area contributed by atoms with Crippen molar-refractivity contribution in [2.45, 2.75) is 32.5 Å². The first-order valence-corrected chi connectivity index (χ1v) is 6.90. The second-order valence-corrected chi connectivity index (χ2v) is 5.34. The van der Waals surface area contributed by atoms with Gasteiger partial charge in [-0.05, 0) is 12.8 Å². The fourth-order valence-electron chi connectivity index (χ4n) is 2.42. The van der Waals surface area contributed by atoms with Gasteiger partial charge in [-0.25, -0.2) is 0 Å². The largest absolute Gasteiger partial charge is 0.408 e. The lowest BCUT2D eigenvalue weighted by Crippen LogP contribution is -2.42. The molecule has 1 saturated heterocycles. The quantitative estimate of drug-likeness (QED) is 0.921. The molecular formula is C13H17F3N4O2. The molecule has 1 aromatic heterocycles. The summed E-state index contributed by atoms with van der Waals surface area (Å²) in [5.74, 6) is -0.753. The Hall–Kier alpha value is -2.06. The van der Waals surface area contributed by atoms with Gasteiger partial charge in [-0.3, -0.25) is 14.3 Å². The fourth-order valence-corrected chi connectivity index (χ4v) is 2.42. The lowest BCUT2D eigenvalue weighted by atomic mass is 9.97. The average molecular weight is 318 g/mol. The predicted octanol–water partition coefficient (Wildman–Crippen LogP) is 1.64. The Morgan fingerprint density at radius 3 is 2.82 bits per heavy atom. The van der Waals surface area contributed by atoms with E-state index in [1.165, 1.54) is 13.1 Å². The van der Waals surface area contributed by atoms with Crippen molar-refractivity contribution in [3.63, 3.8) is 0 Å². The van der Waals surface area contributed by atoms with Gasteiger partial charge in [0.25, 0.3) is 0 Å². The van der Waals surface area contributed by atoms with Gasteiger partial charge in [-0.2, -0.15) is 18.3 Å². The number of aromatic nitrogens is 2. The highest BCUT2D eigenvalue weighted by Crippen LogP contribution is 2.20. The summed E-state index contributed by atoms with van der Waals surface area (Å²) in [7, 11) is 0. The van der Waals surface area contributed by atoms with Crippen LogP contribution >= 0.6 is 0 Å². The molecule has 0 aliphatic carbocycles. The van der Waals surface area contributed by atoms with E-state index in [-0.39, 0.29) is 23.4 Å². The van der Waals surface area contributed by atoms with E-state index in [1.807, 2.05) is 0 Å². The summed E-state index contributed by atoms with van der Waals surface area (Å²) < 4.78 is 37.4. The van der Waals surface area contributed by atoms with Gasteiger partial charge in [0.05, 0.1) is 17.8 Å². The molecule has 1 atom stereocenters. The summed E-state index contributed by atoms with van der Waals surface area (Å²) in [5, 5.41) is 6.11. The van der Waals surface area contributed by atoms with Crippen LogP contribution in [0.2, 0.25) is 0 Å². The van der Waals surface area contributed by atoms with Crippen molar-refractivity contribution >= 4 is 17.5 Å². The highest BCUT2D eigenvalue weighted by molar-refractivity contribution is 5.92. The Morgan fingerprint density at radius 1 is 1.45 bits per heavy atom. The summed E-state index contributed by atoms with van der Waals surface area (Å²) >= 11 is 0. The molecule has 9 heteroatoms. The van der Waals surface area contributed by atoms with Crippen LogP contribution in [0.4, 0.5) is 18.9 Å². The Morgan fingerprint density at radius 2 is 2.18 bits per heavy atom. The molecule has 1 unspecified atom stereocenters. The third kappa shape index (κ3) is 4.47. The van der Waals surface area contributed by atoms with Crippen LogP contribution in [0, 0.1) is 5.92 Å². The predicted molar refractivity (Wildman–Crippen MR) is 71.9 cm³/mol. The summed E-state index contributed by atoms with van der Waals surface area (Å²) in [6.45, 7) is 1.20. The summed E-state index contributed by atoms with van der Waals surface area (Å²) in [5.41, 5.74) is 0.217. The molecule has 22 heavy (non-hydrogen) atoms. The number of nitrogens with zero attached hydrogens (tertiary/aromatic N) is 3. The average Bonchev–Trinajstić information content (AvgIpc) is 2.83. The van der Waals surface area contributed by atoms with Gasteiger partial charge in [0.1, 0.15) is 6.54 Å². The maximum Gasteiger partial charge on any atom is 0.408 e. The van der Waals surface area contributed by atoms with E-state index in [1.54, 1.807) is 4.90 Å².